The van der Waals surface area contributed by atoms with E-state index < -0.39 is 6.04 Å². The molecule has 1 saturated carbocycles. The van der Waals surface area contributed by atoms with E-state index in [1.807, 2.05) is 18.2 Å². The van der Waals surface area contributed by atoms with Gasteiger partial charge in [-0.25, -0.2) is 0 Å². The second-order valence-corrected chi connectivity index (χ2v) is 7.48. The van der Waals surface area contributed by atoms with Crippen molar-refractivity contribution < 1.29 is 14.4 Å². The van der Waals surface area contributed by atoms with Crippen molar-refractivity contribution in [2.24, 2.45) is 11.7 Å². The lowest BCUT2D eigenvalue weighted by molar-refractivity contribution is -0.136. The molecule has 3 aliphatic rings. The molecule has 1 aromatic rings. The number of hydrogen-bond acceptors (Lipinski definition) is 5. The van der Waals surface area contributed by atoms with Crippen molar-refractivity contribution >= 4 is 17.7 Å². The Morgan fingerprint density at radius 1 is 1.23 bits per heavy atom. The summed E-state index contributed by atoms with van der Waals surface area (Å²) in [5, 5.41) is 5.70. The Morgan fingerprint density at radius 2 is 2.04 bits per heavy atom. The molecule has 2 heterocycles. The molecule has 3 amide bonds. The average molecular weight is 356 g/mol. The van der Waals surface area contributed by atoms with Crippen LogP contribution in [0.4, 0.5) is 0 Å². The molecule has 1 aromatic carbocycles. The Morgan fingerprint density at radius 3 is 2.77 bits per heavy atom. The molecule has 2 aliphatic heterocycles. The first-order chi connectivity index (χ1) is 12.5. The lowest BCUT2D eigenvalue weighted by Gasteiger charge is -2.29. The quantitative estimate of drug-likeness (QED) is 0.635. The number of carbonyl (C=O) groups excluding carboxylic acids is 3. The molecule has 2 unspecified atom stereocenters. The minimum atomic E-state index is -0.573. The number of amides is 3. The van der Waals surface area contributed by atoms with E-state index in [1.165, 1.54) is 12.8 Å². The van der Waals surface area contributed by atoms with Crippen molar-refractivity contribution in [1.29, 1.82) is 0 Å². The molecule has 1 aliphatic carbocycles. The Balaban J connectivity index is 1.46. The van der Waals surface area contributed by atoms with Crippen LogP contribution in [0.15, 0.2) is 18.2 Å². The van der Waals surface area contributed by atoms with Crippen molar-refractivity contribution in [3.63, 3.8) is 0 Å². The van der Waals surface area contributed by atoms with E-state index in [2.05, 4.69) is 10.6 Å². The molecular formula is C19H24N4O3. The van der Waals surface area contributed by atoms with E-state index in [9.17, 15) is 14.4 Å². The van der Waals surface area contributed by atoms with E-state index in [-0.39, 0.29) is 30.2 Å². The molecule has 4 N–H and O–H groups in total. The zero-order valence-corrected chi connectivity index (χ0v) is 14.7. The lowest BCUT2D eigenvalue weighted by atomic mass is 10.0. The van der Waals surface area contributed by atoms with Gasteiger partial charge in [0.25, 0.3) is 5.91 Å². The minimum Gasteiger partial charge on any atom is -0.326 e. The fourth-order valence-electron chi connectivity index (χ4n) is 3.90. The predicted octanol–water partition coefficient (Wildman–Crippen LogP) is 0.274. The van der Waals surface area contributed by atoms with Gasteiger partial charge in [0.2, 0.25) is 11.8 Å². The maximum absolute atomic E-state index is 13.0. The van der Waals surface area contributed by atoms with Crippen LogP contribution in [0.25, 0.3) is 0 Å². The lowest BCUT2D eigenvalue weighted by Crippen LogP contribution is -2.52. The first-order valence-electron chi connectivity index (χ1n) is 9.26. The van der Waals surface area contributed by atoms with E-state index in [0.29, 0.717) is 31.0 Å². The van der Waals surface area contributed by atoms with E-state index >= 15 is 0 Å². The predicted molar refractivity (Wildman–Crippen MR) is 94.9 cm³/mol. The summed E-state index contributed by atoms with van der Waals surface area (Å²) in [7, 11) is 0. The summed E-state index contributed by atoms with van der Waals surface area (Å²) in [6.45, 7) is 1.73. The van der Waals surface area contributed by atoms with E-state index in [0.717, 1.165) is 17.7 Å². The van der Waals surface area contributed by atoms with Crippen LogP contribution in [0, 0.1) is 5.92 Å². The summed E-state index contributed by atoms with van der Waals surface area (Å²) < 4.78 is 0. The maximum Gasteiger partial charge on any atom is 0.255 e. The molecule has 0 radical (unpaired) electrons. The van der Waals surface area contributed by atoms with Gasteiger partial charge in [0.1, 0.15) is 6.04 Å². The van der Waals surface area contributed by atoms with Gasteiger partial charge >= 0.3 is 0 Å². The number of imide groups is 1. The smallest absolute Gasteiger partial charge is 0.255 e. The normalized spacial score (nSPS) is 23.8. The number of rotatable bonds is 6. The van der Waals surface area contributed by atoms with Crippen LogP contribution in [-0.2, 0) is 22.7 Å². The first-order valence-corrected chi connectivity index (χ1v) is 9.26. The molecule has 2 fully saturated rings. The monoisotopic (exact) mass is 356 g/mol. The first kappa shape index (κ1) is 17.2. The highest BCUT2D eigenvalue weighted by molar-refractivity contribution is 6.05. The number of nitrogens with two attached hydrogens (primary N) is 1. The van der Waals surface area contributed by atoms with Crippen LogP contribution in [-0.4, -0.2) is 41.2 Å². The molecule has 7 nitrogen and oxygen atoms in total. The average Bonchev–Trinajstić information content (AvgIpc) is 3.40. The Labute approximate surface area is 152 Å². The number of carbonyl (C=O) groups is 3. The van der Waals surface area contributed by atoms with Crippen molar-refractivity contribution in [2.45, 2.75) is 50.9 Å². The van der Waals surface area contributed by atoms with Crippen LogP contribution in [0.5, 0.6) is 0 Å². The van der Waals surface area contributed by atoms with Crippen LogP contribution in [0.1, 0.15) is 47.2 Å². The van der Waals surface area contributed by atoms with Gasteiger partial charge in [-0.15, -0.1) is 0 Å². The summed E-state index contributed by atoms with van der Waals surface area (Å²) in [4.78, 5) is 38.1. The third kappa shape index (κ3) is 3.24. The van der Waals surface area contributed by atoms with Gasteiger partial charge < -0.3 is 16.0 Å². The van der Waals surface area contributed by atoms with E-state index in [4.69, 9.17) is 5.73 Å². The Kier molecular flexibility index (Phi) is 4.50. The molecular weight excluding hydrogens is 332 g/mol. The van der Waals surface area contributed by atoms with Gasteiger partial charge in [-0.3, -0.25) is 19.7 Å². The van der Waals surface area contributed by atoms with Gasteiger partial charge in [-0.1, -0.05) is 18.2 Å². The molecule has 2 atom stereocenters. The molecule has 1 saturated heterocycles. The number of fused-ring (bicyclic) bond motifs is 1. The van der Waals surface area contributed by atoms with Crippen molar-refractivity contribution in [1.82, 2.24) is 15.5 Å². The summed E-state index contributed by atoms with van der Waals surface area (Å²) in [6, 6.07) is 5.41. The second-order valence-electron chi connectivity index (χ2n) is 7.48. The number of nitrogens with zero attached hydrogens (tertiary/aromatic N) is 1. The Hall–Kier alpha value is -2.25. The molecule has 138 valence electrons. The fraction of sp³-hybridized carbons (Fsp3) is 0.526. The zero-order valence-electron chi connectivity index (χ0n) is 14.7. The highest BCUT2D eigenvalue weighted by Crippen LogP contribution is 2.32. The van der Waals surface area contributed by atoms with Gasteiger partial charge in [0.05, 0.1) is 0 Å². The summed E-state index contributed by atoms with van der Waals surface area (Å²) >= 11 is 0. The fourth-order valence-corrected chi connectivity index (χ4v) is 3.90. The number of hydrogen-bond donors (Lipinski definition) is 3. The molecule has 0 spiro atoms. The van der Waals surface area contributed by atoms with Crippen molar-refractivity contribution in [2.75, 3.05) is 6.54 Å². The third-order valence-corrected chi connectivity index (χ3v) is 5.56. The molecule has 7 heteroatoms. The SMILES string of the molecule is NC(CNCc1cccc2c1C(=O)N(C1CCC(=O)NC1=O)C2)C1CC1. The Bertz CT molecular complexity index is 759. The van der Waals surface area contributed by atoms with Crippen LogP contribution in [0.2, 0.25) is 0 Å². The minimum absolute atomic E-state index is 0.126. The molecule has 26 heavy (non-hydrogen) atoms. The van der Waals surface area contributed by atoms with Crippen LogP contribution in [0.3, 0.4) is 0 Å². The highest BCUT2D eigenvalue weighted by Gasteiger charge is 2.39. The van der Waals surface area contributed by atoms with Gasteiger partial charge in [-0.05, 0) is 36.3 Å². The summed E-state index contributed by atoms with van der Waals surface area (Å²) in [5.41, 5.74) is 8.68. The van der Waals surface area contributed by atoms with Gasteiger partial charge in [0, 0.05) is 37.7 Å². The maximum atomic E-state index is 13.0. The second kappa shape index (κ2) is 6.81. The number of benzene rings is 1. The molecule has 0 bridgehead atoms. The van der Waals surface area contributed by atoms with Crippen molar-refractivity contribution in [3.8, 4) is 0 Å². The van der Waals surface area contributed by atoms with E-state index in [1.54, 1.807) is 4.90 Å². The zero-order chi connectivity index (χ0) is 18.3. The topological polar surface area (TPSA) is 105 Å². The number of piperidine rings is 1. The molecule has 4 rings (SSSR count). The summed E-state index contributed by atoms with van der Waals surface area (Å²) in [5.74, 6) is -0.142. The highest BCUT2D eigenvalue weighted by atomic mass is 16.2. The standard InChI is InChI=1S/C19H24N4O3/c20-14(11-4-5-11)9-21-8-12-2-1-3-13-10-23(19(26)17(12)13)15-6-7-16(24)22-18(15)25/h1-3,11,14-15,21H,4-10,20H2,(H,22,24,25). The third-order valence-electron chi connectivity index (χ3n) is 5.56. The number of nitrogens with one attached hydrogen (secondary N) is 2. The van der Waals surface area contributed by atoms with Crippen LogP contribution >= 0.6 is 0 Å². The van der Waals surface area contributed by atoms with Gasteiger partial charge in [-0.2, -0.15) is 0 Å². The van der Waals surface area contributed by atoms with Gasteiger partial charge in [0.15, 0.2) is 0 Å². The summed E-state index contributed by atoms with van der Waals surface area (Å²) in [6.07, 6.45) is 3.07. The molecule has 0 aromatic heterocycles. The van der Waals surface area contributed by atoms with Crippen molar-refractivity contribution in [3.05, 3.63) is 34.9 Å². The largest absolute Gasteiger partial charge is 0.326 e. The van der Waals surface area contributed by atoms with Crippen LogP contribution < -0.4 is 16.4 Å².